The van der Waals surface area contributed by atoms with E-state index in [2.05, 4.69) is 42.3 Å². The van der Waals surface area contributed by atoms with Crippen molar-refractivity contribution in [1.82, 2.24) is 19.9 Å². The molecule has 156 valence electrons. The van der Waals surface area contributed by atoms with Crippen LogP contribution < -0.4 is 15.0 Å². The Labute approximate surface area is 175 Å². The molecule has 2 aromatic heterocycles. The Morgan fingerprint density at radius 1 is 0.933 bits per heavy atom. The summed E-state index contributed by atoms with van der Waals surface area (Å²) in [6, 6.07) is 4.62. The Hall–Kier alpha value is -3.00. The first-order valence-corrected chi connectivity index (χ1v) is 10.6. The van der Waals surface area contributed by atoms with E-state index >= 15 is 0 Å². The number of hydrogen-bond acceptors (Lipinski definition) is 8. The fourth-order valence-electron chi connectivity index (χ4n) is 4.21. The van der Waals surface area contributed by atoms with E-state index in [0.717, 1.165) is 80.3 Å². The van der Waals surface area contributed by atoms with Crippen molar-refractivity contribution in [2.45, 2.75) is 37.8 Å². The minimum atomic E-state index is 0.176. The van der Waals surface area contributed by atoms with Crippen molar-refractivity contribution < 1.29 is 9.47 Å². The first kappa shape index (κ1) is 19.0. The molecule has 0 atom stereocenters. The van der Waals surface area contributed by atoms with Gasteiger partial charge in [0.25, 0.3) is 0 Å². The van der Waals surface area contributed by atoms with Gasteiger partial charge in [0.1, 0.15) is 17.1 Å². The van der Waals surface area contributed by atoms with Crippen LogP contribution in [0.15, 0.2) is 43.1 Å². The van der Waals surface area contributed by atoms with E-state index in [1.807, 2.05) is 0 Å². The fourth-order valence-corrected chi connectivity index (χ4v) is 4.21. The van der Waals surface area contributed by atoms with Gasteiger partial charge in [0.2, 0.25) is 0 Å². The molecule has 1 saturated heterocycles. The average molecular weight is 406 g/mol. The number of ether oxygens (including phenoxy) is 2. The molecule has 2 fully saturated rings. The van der Waals surface area contributed by atoms with Crippen LogP contribution in [0.5, 0.6) is 5.75 Å². The van der Waals surface area contributed by atoms with Gasteiger partial charge in [0.15, 0.2) is 0 Å². The van der Waals surface area contributed by atoms with Gasteiger partial charge in [-0.2, -0.15) is 0 Å². The Kier molecular flexibility index (Phi) is 5.56. The van der Waals surface area contributed by atoms with Gasteiger partial charge in [-0.1, -0.05) is 0 Å². The van der Waals surface area contributed by atoms with Crippen LogP contribution in [-0.4, -0.2) is 58.4 Å². The molecular formula is C22H26N6O2. The molecule has 1 N–H and O–H groups in total. The lowest BCUT2D eigenvalue weighted by Crippen LogP contribution is -2.36. The first-order chi connectivity index (χ1) is 14.8. The largest absolute Gasteiger partial charge is 0.488 e. The summed E-state index contributed by atoms with van der Waals surface area (Å²) >= 11 is 0. The molecule has 0 unspecified atom stereocenters. The van der Waals surface area contributed by atoms with E-state index in [4.69, 9.17) is 9.47 Å². The molecule has 8 heteroatoms. The van der Waals surface area contributed by atoms with E-state index in [-0.39, 0.29) is 6.10 Å². The van der Waals surface area contributed by atoms with Crippen LogP contribution in [0.4, 0.5) is 11.5 Å². The number of aromatic nitrogens is 4. The SMILES string of the molecule is c1cnc(N[C@H]2CC[C@@H](Oc3cc(N4CCOCC4)cc4nccnc34)CC2)cn1. The van der Waals surface area contributed by atoms with Gasteiger partial charge in [0.05, 0.1) is 31.0 Å². The average Bonchev–Trinajstić information content (AvgIpc) is 2.81. The summed E-state index contributed by atoms with van der Waals surface area (Å²) in [7, 11) is 0. The Morgan fingerprint density at radius 3 is 2.53 bits per heavy atom. The molecule has 0 spiro atoms. The second kappa shape index (κ2) is 8.79. The molecule has 0 bridgehead atoms. The maximum atomic E-state index is 6.48. The van der Waals surface area contributed by atoms with Gasteiger partial charge in [-0.05, 0) is 31.7 Å². The molecule has 8 nitrogen and oxygen atoms in total. The third-order valence-electron chi connectivity index (χ3n) is 5.78. The standard InChI is InChI=1S/C22H26N6O2/c1-3-18(4-2-16(1)27-21-15-23-5-6-25-21)30-20-14-17(28-9-11-29-12-10-28)13-19-22(20)26-8-7-24-19/h5-8,13-16,18H,1-4,9-12H2,(H,25,27)/t16-,18+. The Balaban J connectivity index is 1.29. The smallest absolute Gasteiger partial charge is 0.149 e. The van der Waals surface area contributed by atoms with E-state index in [1.165, 1.54) is 0 Å². The third kappa shape index (κ3) is 4.28. The molecule has 0 amide bonds. The second-order valence-electron chi connectivity index (χ2n) is 7.79. The summed E-state index contributed by atoms with van der Waals surface area (Å²) in [4.78, 5) is 19.8. The monoisotopic (exact) mass is 406 g/mol. The normalized spacial score (nSPS) is 22.1. The molecule has 2 aliphatic rings. The Morgan fingerprint density at radius 2 is 1.73 bits per heavy atom. The predicted octanol–water partition coefficient (Wildman–Crippen LogP) is 3.06. The van der Waals surface area contributed by atoms with Gasteiger partial charge in [-0.25, -0.2) is 9.97 Å². The van der Waals surface area contributed by atoms with Gasteiger partial charge < -0.3 is 19.7 Å². The highest BCUT2D eigenvalue weighted by Crippen LogP contribution is 2.33. The van der Waals surface area contributed by atoms with Crippen LogP contribution in [0.2, 0.25) is 0 Å². The number of benzene rings is 1. The molecule has 1 aliphatic carbocycles. The van der Waals surface area contributed by atoms with E-state index < -0.39 is 0 Å². The summed E-state index contributed by atoms with van der Waals surface area (Å²) in [6.45, 7) is 3.25. The zero-order chi connectivity index (χ0) is 20.2. The maximum absolute atomic E-state index is 6.48. The minimum absolute atomic E-state index is 0.176. The van der Waals surface area contributed by atoms with Crippen molar-refractivity contribution in [3.8, 4) is 5.75 Å². The minimum Gasteiger partial charge on any atom is -0.488 e. The lowest BCUT2D eigenvalue weighted by molar-refractivity contribution is 0.122. The number of rotatable bonds is 5. The van der Waals surface area contributed by atoms with Gasteiger partial charge in [0, 0.05) is 55.7 Å². The molecule has 1 aliphatic heterocycles. The van der Waals surface area contributed by atoms with Crippen molar-refractivity contribution in [3.05, 3.63) is 43.1 Å². The maximum Gasteiger partial charge on any atom is 0.149 e. The molecule has 0 radical (unpaired) electrons. The summed E-state index contributed by atoms with van der Waals surface area (Å²) in [5, 5.41) is 3.48. The summed E-state index contributed by atoms with van der Waals surface area (Å²) in [6.07, 6.45) is 12.9. The molecule has 30 heavy (non-hydrogen) atoms. The highest BCUT2D eigenvalue weighted by Gasteiger charge is 2.24. The number of anilines is 2. The second-order valence-corrected chi connectivity index (χ2v) is 7.79. The van der Waals surface area contributed by atoms with Crippen molar-refractivity contribution in [2.75, 3.05) is 36.5 Å². The molecule has 1 aromatic carbocycles. The van der Waals surface area contributed by atoms with Gasteiger partial charge in [-0.3, -0.25) is 9.97 Å². The summed E-state index contributed by atoms with van der Waals surface area (Å²) < 4.78 is 12.0. The first-order valence-electron chi connectivity index (χ1n) is 10.6. The van der Waals surface area contributed by atoms with Crippen molar-refractivity contribution in [3.63, 3.8) is 0 Å². The van der Waals surface area contributed by atoms with Crippen molar-refractivity contribution >= 4 is 22.5 Å². The molecule has 3 heterocycles. The van der Waals surface area contributed by atoms with Crippen LogP contribution in [0, 0.1) is 0 Å². The zero-order valence-corrected chi connectivity index (χ0v) is 16.9. The third-order valence-corrected chi connectivity index (χ3v) is 5.78. The van der Waals surface area contributed by atoms with Crippen LogP contribution in [0.1, 0.15) is 25.7 Å². The highest BCUT2D eigenvalue weighted by atomic mass is 16.5. The molecule has 3 aromatic rings. The number of hydrogen-bond donors (Lipinski definition) is 1. The number of nitrogens with zero attached hydrogens (tertiary/aromatic N) is 5. The Bertz CT molecular complexity index is 972. The number of fused-ring (bicyclic) bond motifs is 1. The number of morpholine rings is 1. The summed E-state index contributed by atoms with van der Waals surface area (Å²) in [5.41, 5.74) is 2.82. The zero-order valence-electron chi connectivity index (χ0n) is 16.9. The van der Waals surface area contributed by atoms with Crippen molar-refractivity contribution in [2.24, 2.45) is 0 Å². The van der Waals surface area contributed by atoms with Crippen molar-refractivity contribution in [1.29, 1.82) is 0 Å². The lowest BCUT2D eigenvalue weighted by atomic mass is 9.93. The molecule has 1 saturated carbocycles. The fraction of sp³-hybridized carbons (Fsp3) is 0.455. The quantitative estimate of drug-likeness (QED) is 0.692. The highest BCUT2D eigenvalue weighted by molar-refractivity contribution is 5.85. The van der Waals surface area contributed by atoms with Crippen LogP contribution in [0.3, 0.4) is 0 Å². The van der Waals surface area contributed by atoms with Crippen LogP contribution in [0.25, 0.3) is 11.0 Å². The number of nitrogens with one attached hydrogen (secondary N) is 1. The van der Waals surface area contributed by atoms with Crippen LogP contribution >= 0.6 is 0 Å². The van der Waals surface area contributed by atoms with E-state index in [9.17, 15) is 0 Å². The van der Waals surface area contributed by atoms with Gasteiger partial charge >= 0.3 is 0 Å². The lowest BCUT2D eigenvalue weighted by Gasteiger charge is -2.31. The predicted molar refractivity (Wildman–Crippen MR) is 115 cm³/mol. The van der Waals surface area contributed by atoms with Crippen LogP contribution in [-0.2, 0) is 4.74 Å². The van der Waals surface area contributed by atoms with E-state index in [1.54, 1.807) is 31.0 Å². The molecule has 5 rings (SSSR count). The molecular weight excluding hydrogens is 380 g/mol. The van der Waals surface area contributed by atoms with Gasteiger partial charge in [-0.15, -0.1) is 0 Å². The summed E-state index contributed by atoms with van der Waals surface area (Å²) in [5.74, 6) is 1.66. The topological polar surface area (TPSA) is 85.3 Å². The van der Waals surface area contributed by atoms with E-state index in [0.29, 0.717) is 6.04 Å².